The minimum atomic E-state index is -4.01. The lowest BCUT2D eigenvalue weighted by atomic mass is 9.97. The summed E-state index contributed by atoms with van der Waals surface area (Å²) in [7, 11) is -4.01. The highest BCUT2D eigenvalue weighted by atomic mass is 32.2. The summed E-state index contributed by atoms with van der Waals surface area (Å²) < 4.78 is 27.4. The van der Waals surface area contributed by atoms with E-state index in [2.05, 4.69) is 14.8 Å². The van der Waals surface area contributed by atoms with Crippen LogP contribution in [0.3, 0.4) is 0 Å². The van der Waals surface area contributed by atoms with Gasteiger partial charge in [-0.1, -0.05) is 19.9 Å². The summed E-state index contributed by atoms with van der Waals surface area (Å²) in [6.45, 7) is 6.54. The first-order valence-electron chi connectivity index (χ1n) is 7.29. The van der Waals surface area contributed by atoms with Gasteiger partial charge < -0.3 is 0 Å². The normalized spacial score (nSPS) is 17.1. The lowest BCUT2D eigenvalue weighted by Crippen LogP contribution is -2.42. The Kier molecular flexibility index (Phi) is 4.88. The molecule has 0 aromatic heterocycles. The summed E-state index contributed by atoms with van der Waals surface area (Å²) in [4.78, 5) is 14.1. The van der Waals surface area contributed by atoms with Gasteiger partial charge in [0.05, 0.1) is 16.4 Å². The average Bonchev–Trinajstić information content (AvgIpc) is 2.87. The molecule has 0 spiro atoms. The molecule has 0 amide bonds. The van der Waals surface area contributed by atoms with Crippen LogP contribution in [0.2, 0.25) is 0 Å². The Morgan fingerprint density at radius 3 is 2.75 bits per heavy atom. The van der Waals surface area contributed by atoms with Crippen LogP contribution < -0.4 is 4.72 Å². The van der Waals surface area contributed by atoms with Gasteiger partial charge in [-0.3, -0.25) is 15.1 Å². The summed E-state index contributed by atoms with van der Waals surface area (Å²) in [6, 6.07) is 4.84. The van der Waals surface area contributed by atoms with Gasteiger partial charge in [0, 0.05) is 30.3 Å². The number of nitro benzene ring substituents is 1. The van der Waals surface area contributed by atoms with Crippen molar-refractivity contribution in [2.45, 2.75) is 25.7 Å². The van der Waals surface area contributed by atoms with Crippen LogP contribution in [-0.2, 0) is 10.0 Å². The van der Waals surface area contributed by atoms with Crippen molar-refractivity contribution in [1.29, 1.82) is 0 Å². The summed E-state index contributed by atoms with van der Waals surface area (Å²) in [5.74, 6) is 0.0887. The molecule has 1 aromatic carbocycles. The van der Waals surface area contributed by atoms with Gasteiger partial charge in [0.2, 0.25) is 5.96 Å². The molecule has 130 valence electrons. The lowest BCUT2D eigenvalue weighted by Gasteiger charge is -2.21. The Hall–Kier alpha value is -2.49. The van der Waals surface area contributed by atoms with Crippen LogP contribution in [0, 0.1) is 15.5 Å². The Balaban J connectivity index is 2.29. The van der Waals surface area contributed by atoms with Crippen molar-refractivity contribution in [3.05, 3.63) is 34.4 Å². The highest BCUT2D eigenvalue weighted by molar-refractivity contribution is 7.90. The first kappa shape index (κ1) is 17.9. The molecule has 0 aliphatic carbocycles. The molecule has 0 saturated carbocycles. The third kappa shape index (κ3) is 4.07. The molecule has 0 radical (unpaired) electrons. The van der Waals surface area contributed by atoms with Gasteiger partial charge in [-0.15, -0.1) is 0 Å². The van der Waals surface area contributed by atoms with E-state index in [-0.39, 0.29) is 22.0 Å². The van der Waals surface area contributed by atoms with E-state index in [1.165, 1.54) is 23.2 Å². The molecule has 1 N–H and O–H groups in total. The number of nitro groups is 1. The maximum atomic E-state index is 12.5. The number of hydrogen-bond donors (Lipinski definition) is 1. The first-order chi connectivity index (χ1) is 11.1. The Morgan fingerprint density at radius 1 is 1.50 bits per heavy atom. The van der Waals surface area contributed by atoms with Crippen LogP contribution in [0.25, 0.3) is 0 Å². The fraction of sp³-hybridized carbons (Fsp3) is 0.429. The van der Waals surface area contributed by atoms with E-state index in [1.54, 1.807) is 13.1 Å². The standard InChI is InChI=1S/C14H19N5O4S/c1-4-15-13(18-10-14(2,3)9-16-18)17-24(22,23)12-7-5-6-11(8-12)19(20)21/h5-9H,4,10H2,1-3H3,(H,15,17). The molecule has 1 heterocycles. The molecule has 10 heteroatoms. The van der Waals surface area contributed by atoms with E-state index < -0.39 is 14.9 Å². The van der Waals surface area contributed by atoms with Crippen LogP contribution in [0.1, 0.15) is 20.8 Å². The summed E-state index contributed by atoms with van der Waals surface area (Å²) in [6.07, 6.45) is 1.72. The smallest absolute Gasteiger partial charge is 0.258 e. The number of hydrazone groups is 1. The molecule has 0 unspecified atom stereocenters. The third-order valence-electron chi connectivity index (χ3n) is 3.22. The van der Waals surface area contributed by atoms with Gasteiger partial charge in [-0.05, 0) is 13.0 Å². The van der Waals surface area contributed by atoms with Gasteiger partial charge >= 0.3 is 0 Å². The number of rotatable bonds is 4. The molecular formula is C14H19N5O4S. The van der Waals surface area contributed by atoms with Crippen molar-refractivity contribution in [2.75, 3.05) is 13.1 Å². The van der Waals surface area contributed by atoms with Crippen LogP contribution in [-0.4, -0.2) is 43.6 Å². The van der Waals surface area contributed by atoms with Crippen molar-refractivity contribution in [3.8, 4) is 0 Å². The number of nitrogens with one attached hydrogen (secondary N) is 1. The highest BCUT2D eigenvalue weighted by Gasteiger charge is 2.30. The number of non-ortho nitro benzene ring substituents is 1. The van der Waals surface area contributed by atoms with Gasteiger partial charge in [-0.25, -0.2) is 18.1 Å². The fourth-order valence-corrected chi connectivity index (χ4v) is 3.14. The second kappa shape index (κ2) is 6.56. The van der Waals surface area contributed by atoms with Gasteiger partial charge in [-0.2, -0.15) is 5.10 Å². The number of benzene rings is 1. The fourth-order valence-electron chi connectivity index (χ4n) is 2.08. The Bertz CT molecular complexity index is 801. The van der Waals surface area contributed by atoms with Crippen LogP contribution in [0.15, 0.2) is 39.3 Å². The van der Waals surface area contributed by atoms with Crippen LogP contribution in [0.5, 0.6) is 0 Å². The van der Waals surface area contributed by atoms with Crippen molar-refractivity contribution < 1.29 is 13.3 Å². The van der Waals surface area contributed by atoms with Crippen molar-refractivity contribution >= 4 is 27.9 Å². The number of guanidine groups is 1. The first-order valence-corrected chi connectivity index (χ1v) is 8.77. The maximum Gasteiger partial charge on any atom is 0.270 e. The minimum Gasteiger partial charge on any atom is -0.258 e. The predicted molar refractivity (Wildman–Crippen MR) is 90.4 cm³/mol. The number of sulfonamides is 1. The van der Waals surface area contributed by atoms with Crippen molar-refractivity contribution in [1.82, 2.24) is 9.73 Å². The van der Waals surface area contributed by atoms with Crippen LogP contribution >= 0.6 is 0 Å². The van der Waals surface area contributed by atoms with Crippen molar-refractivity contribution in [3.63, 3.8) is 0 Å². The van der Waals surface area contributed by atoms with Crippen molar-refractivity contribution in [2.24, 2.45) is 15.5 Å². The van der Waals surface area contributed by atoms with E-state index in [4.69, 9.17) is 0 Å². The maximum absolute atomic E-state index is 12.5. The molecule has 0 fully saturated rings. The molecule has 1 aliphatic heterocycles. The molecule has 1 aliphatic rings. The molecule has 0 bridgehead atoms. The molecule has 24 heavy (non-hydrogen) atoms. The third-order valence-corrected chi connectivity index (χ3v) is 4.55. The second-order valence-electron chi connectivity index (χ2n) is 5.95. The Morgan fingerprint density at radius 2 is 2.21 bits per heavy atom. The van der Waals surface area contributed by atoms with Gasteiger partial charge in [0.1, 0.15) is 0 Å². The molecule has 0 atom stereocenters. The molecule has 1 aromatic rings. The number of hydrogen-bond acceptors (Lipinski definition) is 6. The zero-order chi connectivity index (χ0) is 18.0. The topological polar surface area (TPSA) is 117 Å². The number of aliphatic imine (C=N–C) groups is 1. The van der Waals surface area contributed by atoms with E-state index in [0.717, 1.165) is 6.07 Å². The quantitative estimate of drug-likeness (QED) is 0.382. The Labute approximate surface area is 140 Å². The predicted octanol–water partition coefficient (Wildman–Crippen LogP) is 1.58. The van der Waals surface area contributed by atoms with E-state index in [9.17, 15) is 18.5 Å². The summed E-state index contributed by atoms with van der Waals surface area (Å²) in [5, 5.41) is 16.5. The van der Waals surface area contributed by atoms with E-state index >= 15 is 0 Å². The molecule has 9 nitrogen and oxygen atoms in total. The number of nitrogens with zero attached hydrogens (tertiary/aromatic N) is 4. The zero-order valence-electron chi connectivity index (χ0n) is 13.6. The second-order valence-corrected chi connectivity index (χ2v) is 7.63. The van der Waals surface area contributed by atoms with Gasteiger partial charge in [0.15, 0.2) is 0 Å². The highest BCUT2D eigenvalue weighted by Crippen LogP contribution is 2.22. The largest absolute Gasteiger partial charge is 0.270 e. The van der Waals surface area contributed by atoms with E-state index in [1.807, 2.05) is 13.8 Å². The molecule has 2 rings (SSSR count). The SMILES string of the molecule is CCN=C(NS(=O)(=O)c1cccc([N+](=O)[O-])c1)N1CC(C)(C)C=N1. The summed E-state index contributed by atoms with van der Waals surface area (Å²) in [5.41, 5.74) is -0.502. The monoisotopic (exact) mass is 353 g/mol. The average molecular weight is 353 g/mol. The molecular weight excluding hydrogens is 334 g/mol. The zero-order valence-corrected chi connectivity index (χ0v) is 14.4. The molecule has 0 saturated heterocycles. The van der Waals surface area contributed by atoms with E-state index in [0.29, 0.717) is 13.1 Å². The minimum absolute atomic E-state index is 0.0887. The summed E-state index contributed by atoms with van der Waals surface area (Å²) >= 11 is 0. The van der Waals surface area contributed by atoms with Crippen LogP contribution in [0.4, 0.5) is 5.69 Å². The lowest BCUT2D eigenvalue weighted by molar-refractivity contribution is -0.385. The van der Waals surface area contributed by atoms with Gasteiger partial charge in [0.25, 0.3) is 15.7 Å².